The molecule has 3 fully saturated rings. The molecular formula is C16H26N2O3. The van der Waals surface area contributed by atoms with E-state index in [-0.39, 0.29) is 42.0 Å². The molecule has 0 aromatic rings. The molecule has 0 spiro atoms. The Hall–Kier alpha value is -1.10. The van der Waals surface area contributed by atoms with E-state index in [4.69, 9.17) is 4.74 Å². The van der Waals surface area contributed by atoms with Crippen molar-refractivity contribution in [2.75, 3.05) is 6.61 Å². The van der Waals surface area contributed by atoms with Crippen LogP contribution < -0.4 is 5.32 Å². The first-order chi connectivity index (χ1) is 10.0. The van der Waals surface area contributed by atoms with Crippen LogP contribution in [0.2, 0.25) is 0 Å². The summed E-state index contributed by atoms with van der Waals surface area (Å²) >= 11 is 0. The maximum absolute atomic E-state index is 12.9. The summed E-state index contributed by atoms with van der Waals surface area (Å²) in [5, 5.41) is 2.96. The number of hydrogen-bond donors (Lipinski definition) is 1. The van der Waals surface area contributed by atoms with E-state index >= 15 is 0 Å². The average molecular weight is 294 g/mol. The Morgan fingerprint density at radius 1 is 1.19 bits per heavy atom. The van der Waals surface area contributed by atoms with Crippen LogP contribution in [0.25, 0.3) is 0 Å². The summed E-state index contributed by atoms with van der Waals surface area (Å²) in [7, 11) is 0. The Kier molecular flexibility index (Phi) is 3.95. The maximum Gasteiger partial charge on any atom is 0.246 e. The predicted octanol–water partition coefficient (Wildman–Crippen LogP) is 1.32. The van der Waals surface area contributed by atoms with Gasteiger partial charge in [-0.15, -0.1) is 0 Å². The molecule has 3 rings (SSSR count). The number of piperazine rings is 1. The minimum atomic E-state index is -0.369. The first kappa shape index (κ1) is 14.8. The van der Waals surface area contributed by atoms with Gasteiger partial charge in [0.15, 0.2) is 0 Å². The highest BCUT2D eigenvalue weighted by molar-refractivity contribution is 5.97. The van der Waals surface area contributed by atoms with E-state index in [1.807, 2.05) is 25.7 Å². The predicted molar refractivity (Wildman–Crippen MR) is 78.6 cm³/mol. The van der Waals surface area contributed by atoms with Crippen LogP contribution in [-0.4, -0.2) is 47.6 Å². The van der Waals surface area contributed by atoms with Crippen molar-refractivity contribution in [3.05, 3.63) is 0 Å². The first-order valence-corrected chi connectivity index (χ1v) is 8.25. The molecule has 2 amide bonds. The Morgan fingerprint density at radius 2 is 1.90 bits per heavy atom. The van der Waals surface area contributed by atoms with Crippen molar-refractivity contribution >= 4 is 11.8 Å². The third-order valence-corrected chi connectivity index (χ3v) is 5.05. The number of carbonyl (C=O) groups excluding carboxylic acids is 2. The van der Waals surface area contributed by atoms with E-state index in [1.54, 1.807) is 0 Å². The number of ether oxygens (including phenoxy) is 1. The topological polar surface area (TPSA) is 58.6 Å². The fourth-order valence-electron chi connectivity index (χ4n) is 3.71. The Balaban J connectivity index is 1.85. The lowest BCUT2D eigenvalue weighted by atomic mass is 9.92. The molecule has 0 radical (unpaired) electrons. The van der Waals surface area contributed by atoms with Crippen LogP contribution in [0.5, 0.6) is 0 Å². The molecule has 2 saturated heterocycles. The summed E-state index contributed by atoms with van der Waals surface area (Å²) < 4.78 is 5.77. The number of rotatable bonds is 4. The van der Waals surface area contributed by atoms with E-state index in [0.717, 1.165) is 32.3 Å². The van der Waals surface area contributed by atoms with Crippen molar-refractivity contribution in [2.24, 2.45) is 11.8 Å². The zero-order valence-corrected chi connectivity index (χ0v) is 13.2. The highest BCUT2D eigenvalue weighted by atomic mass is 16.5. The van der Waals surface area contributed by atoms with Crippen LogP contribution in [0, 0.1) is 11.8 Å². The summed E-state index contributed by atoms with van der Waals surface area (Å²) in [6.07, 6.45) is 4.18. The maximum atomic E-state index is 12.9. The van der Waals surface area contributed by atoms with Gasteiger partial charge < -0.3 is 15.0 Å². The zero-order chi connectivity index (χ0) is 15.1. The standard InChI is InChI=1S/C16H26N2O3/c1-9(2)14-15(19)17-13(11-6-7-11)16(20)18(14)10(3)12-5-4-8-21-12/h9-14H,4-8H2,1-3H3,(H,17,19). The Labute approximate surface area is 126 Å². The van der Waals surface area contributed by atoms with Crippen LogP contribution in [0.15, 0.2) is 0 Å². The van der Waals surface area contributed by atoms with E-state index in [0.29, 0.717) is 5.92 Å². The second-order valence-electron chi connectivity index (χ2n) is 7.05. The van der Waals surface area contributed by atoms with Gasteiger partial charge in [-0.2, -0.15) is 0 Å². The third kappa shape index (κ3) is 2.68. The van der Waals surface area contributed by atoms with Crippen molar-refractivity contribution in [3.63, 3.8) is 0 Å². The molecule has 5 nitrogen and oxygen atoms in total. The molecule has 4 atom stereocenters. The van der Waals surface area contributed by atoms with Crippen LogP contribution >= 0.6 is 0 Å². The lowest BCUT2D eigenvalue weighted by Gasteiger charge is -2.45. The summed E-state index contributed by atoms with van der Waals surface area (Å²) in [5.41, 5.74) is 0. The van der Waals surface area contributed by atoms with Crippen LogP contribution in [0.3, 0.4) is 0 Å². The van der Waals surface area contributed by atoms with Crippen LogP contribution in [-0.2, 0) is 14.3 Å². The van der Waals surface area contributed by atoms with Gasteiger partial charge in [-0.25, -0.2) is 0 Å². The minimum Gasteiger partial charge on any atom is -0.376 e. The zero-order valence-electron chi connectivity index (χ0n) is 13.2. The molecule has 1 saturated carbocycles. The van der Waals surface area contributed by atoms with Crippen LogP contribution in [0.4, 0.5) is 0 Å². The largest absolute Gasteiger partial charge is 0.376 e. The number of nitrogens with zero attached hydrogens (tertiary/aromatic N) is 1. The summed E-state index contributed by atoms with van der Waals surface area (Å²) in [5.74, 6) is 0.553. The molecule has 4 unspecified atom stereocenters. The van der Waals surface area contributed by atoms with Gasteiger partial charge in [0.25, 0.3) is 0 Å². The van der Waals surface area contributed by atoms with E-state index in [9.17, 15) is 9.59 Å². The molecule has 0 aromatic heterocycles. The number of carbonyl (C=O) groups is 2. The lowest BCUT2D eigenvalue weighted by Crippen LogP contribution is -2.68. The molecule has 21 heavy (non-hydrogen) atoms. The van der Waals surface area contributed by atoms with Gasteiger partial charge in [0, 0.05) is 6.61 Å². The second-order valence-corrected chi connectivity index (χ2v) is 7.05. The molecule has 118 valence electrons. The van der Waals surface area contributed by atoms with Crippen molar-refractivity contribution in [1.29, 1.82) is 0 Å². The average Bonchev–Trinajstić information content (AvgIpc) is 3.13. The van der Waals surface area contributed by atoms with Gasteiger partial charge >= 0.3 is 0 Å². The highest BCUT2D eigenvalue weighted by Crippen LogP contribution is 2.37. The smallest absolute Gasteiger partial charge is 0.246 e. The normalized spacial score (nSPS) is 35.2. The molecule has 5 heteroatoms. The SMILES string of the molecule is CC(C)C1C(=O)NC(C2CC2)C(=O)N1C(C)C1CCCO1. The van der Waals surface area contributed by atoms with Crippen molar-refractivity contribution in [2.45, 2.75) is 70.7 Å². The van der Waals surface area contributed by atoms with Gasteiger partial charge in [0.05, 0.1) is 12.1 Å². The fourth-order valence-corrected chi connectivity index (χ4v) is 3.71. The van der Waals surface area contributed by atoms with Gasteiger partial charge in [-0.1, -0.05) is 13.8 Å². The van der Waals surface area contributed by atoms with Crippen molar-refractivity contribution < 1.29 is 14.3 Å². The van der Waals surface area contributed by atoms with Gasteiger partial charge in [-0.3, -0.25) is 9.59 Å². The molecule has 2 heterocycles. The van der Waals surface area contributed by atoms with E-state index in [2.05, 4.69) is 5.32 Å². The quantitative estimate of drug-likeness (QED) is 0.850. The molecule has 1 N–H and O–H groups in total. The Bertz CT molecular complexity index is 427. The number of amides is 2. The van der Waals surface area contributed by atoms with Crippen molar-refractivity contribution in [1.82, 2.24) is 10.2 Å². The fraction of sp³-hybridized carbons (Fsp3) is 0.875. The van der Waals surface area contributed by atoms with Crippen LogP contribution in [0.1, 0.15) is 46.5 Å². The van der Waals surface area contributed by atoms with Gasteiger partial charge in [0.2, 0.25) is 11.8 Å². The summed E-state index contributed by atoms with van der Waals surface area (Å²) in [4.78, 5) is 27.3. The molecule has 0 aromatic carbocycles. The molecule has 0 bridgehead atoms. The van der Waals surface area contributed by atoms with Crippen molar-refractivity contribution in [3.8, 4) is 0 Å². The first-order valence-electron chi connectivity index (χ1n) is 8.25. The number of hydrogen-bond acceptors (Lipinski definition) is 3. The Morgan fingerprint density at radius 3 is 2.43 bits per heavy atom. The molecule has 2 aliphatic heterocycles. The summed E-state index contributed by atoms with van der Waals surface area (Å²) in [6.45, 7) is 6.81. The number of nitrogens with one attached hydrogen (secondary N) is 1. The monoisotopic (exact) mass is 294 g/mol. The molecule has 1 aliphatic carbocycles. The molecule has 3 aliphatic rings. The molecular weight excluding hydrogens is 268 g/mol. The van der Waals surface area contributed by atoms with E-state index in [1.165, 1.54) is 0 Å². The highest BCUT2D eigenvalue weighted by Gasteiger charge is 2.50. The van der Waals surface area contributed by atoms with E-state index < -0.39 is 0 Å². The second kappa shape index (κ2) is 5.59. The third-order valence-electron chi connectivity index (χ3n) is 5.05. The van der Waals surface area contributed by atoms with Gasteiger partial charge in [0.1, 0.15) is 12.1 Å². The van der Waals surface area contributed by atoms with Gasteiger partial charge in [-0.05, 0) is 44.4 Å². The summed E-state index contributed by atoms with van der Waals surface area (Å²) in [6, 6.07) is -0.706. The lowest BCUT2D eigenvalue weighted by molar-refractivity contribution is -0.157. The minimum absolute atomic E-state index is 0.00588.